The molecule has 35 heavy (non-hydrogen) atoms. The highest BCUT2D eigenvalue weighted by Gasteiger charge is 2.21. The van der Waals surface area contributed by atoms with E-state index in [9.17, 15) is 0 Å². The molecule has 0 bridgehead atoms. The van der Waals surface area contributed by atoms with E-state index in [0.717, 1.165) is 46.1 Å². The SMILES string of the molecule is C1CC1.CCCC(CC)NC(C)c1nc2c(-c3cnc(-c4ccccc4)nc3)cnn2c(N)c1Br. The van der Waals surface area contributed by atoms with Crippen molar-refractivity contribution >= 4 is 27.4 Å². The van der Waals surface area contributed by atoms with Gasteiger partial charge in [0.1, 0.15) is 5.82 Å². The third kappa shape index (κ3) is 6.05. The first-order valence-electron chi connectivity index (χ1n) is 12.5. The fraction of sp³-hybridized carbons (Fsp3) is 0.407. The molecule has 1 fully saturated rings. The van der Waals surface area contributed by atoms with Crippen LogP contribution in [0.4, 0.5) is 5.82 Å². The van der Waals surface area contributed by atoms with E-state index in [1.807, 2.05) is 42.7 Å². The molecule has 3 aromatic heterocycles. The van der Waals surface area contributed by atoms with Crippen LogP contribution in [0.1, 0.15) is 71.0 Å². The van der Waals surface area contributed by atoms with E-state index in [4.69, 9.17) is 10.7 Å². The second-order valence-corrected chi connectivity index (χ2v) is 9.79. The van der Waals surface area contributed by atoms with Gasteiger partial charge >= 0.3 is 0 Å². The zero-order valence-corrected chi connectivity index (χ0v) is 22.3. The van der Waals surface area contributed by atoms with Crippen molar-refractivity contribution in [2.75, 3.05) is 5.73 Å². The predicted molar refractivity (Wildman–Crippen MR) is 146 cm³/mol. The fourth-order valence-electron chi connectivity index (χ4n) is 3.89. The summed E-state index contributed by atoms with van der Waals surface area (Å²) in [5.41, 5.74) is 10.6. The van der Waals surface area contributed by atoms with Crippen molar-refractivity contribution in [1.29, 1.82) is 0 Å². The molecule has 8 heteroatoms. The van der Waals surface area contributed by atoms with Crippen molar-refractivity contribution in [3.8, 4) is 22.5 Å². The third-order valence-electron chi connectivity index (χ3n) is 6.02. The number of hydrogen-bond donors (Lipinski definition) is 2. The van der Waals surface area contributed by atoms with Gasteiger partial charge in [0.15, 0.2) is 11.5 Å². The molecule has 1 aliphatic rings. The lowest BCUT2D eigenvalue weighted by molar-refractivity contribution is 0.412. The van der Waals surface area contributed by atoms with Crippen LogP contribution < -0.4 is 11.1 Å². The number of fused-ring (bicyclic) bond motifs is 1. The molecule has 5 rings (SSSR count). The van der Waals surface area contributed by atoms with Gasteiger partial charge in [-0.15, -0.1) is 0 Å². The fourth-order valence-corrected chi connectivity index (χ4v) is 4.49. The molecule has 0 spiro atoms. The van der Waals surface area contributed by atoms with E-state index < -0.39 is 0 Å². The monoisotopic (exact) mass is 535 g/mol. The summed E-state index contributed by atoms with van der Waals surface area (Å²) in [5, 5.41) is 8.16. The van der Waals surface area contributed by atoms with Crippen molar-refractivity contribution in [2.24, 2.45) is 0 Å². The van der Waals surface area contributed by atoms with E-state index >= 15 is 0 Å². The van der Waals surface area contributed by atoms with Crippen LogP contribution >= 0.6 is 15.9 Å². The van der Waals surface area contributed by atoms with Crippen LogP contribution in [0.3, 0.4) is 0 Å². The standard InChI is InChI=1S/C24H28BrN7.C3H6/c1-4-9-18(5-2)30-15(3)21-20(25)22(26)32-24(31-21)19(14-29-32)17-12-27-23(28-13-17)16-10-7-6-8-11-16;1-2-3-1/h6-8,10-15,18,30H,4-5,9,26H2,1-3H3;1-3H2. The summed E-state index contributed by atoms with van der Waals surface area (Å²) < 4.78 is 2.42. The Bertz CT molecular complexity index is 1230. The van der Waals surface area contributed by atoms with Crippen LogP contribution in [0, 0.1) is 0 Å². The van der Waals surface area contributed by atoms with Gasteiger partial charge in [-0.3, -0.25) is 0 Å². The molecule has 2 unspecified atom stereocenters. The number of nitrogens with two attached hydrogens (primary N) is 1. The van der Waals surface area contributed by atoms with Crippen molar-refractivity contribution in [2.45, 2.75) is 71.4 Å². The van der Waals surface area contributed by atoms with Gasteiger partial charge in [-0.2, -0.15) is 9.61 Å². The zero-order valence-electron chi connectivity index (χ0n) is 20.7. The van der Waals surface area contributed by atoms with Gasteiger partial charge in [0.2, 0.25) is 0 Å². The van der Waals surface area contributed by atoms with Crippen LogP contribution in [0.2, 0.25) is 0 Å². The Hall–Kier alpha value is -2.84. The summed E-state index contributed by atoms with van der Waals surface area (Å²) >= 11 is 3.64. The first-order valence-corrected chi connectivity index (χ1v) is 13.3. The summed E-state index contributed by atoms with van der Waals surface area (Å²) in [6.45, 7) is 6.53. The topological polar surface area (TPSA) is 94.0 Å². The molecule has 1 aliphatic carbocycles. The Balaban J connectivity index is 0.000000894. The Morgan fingerprint density at radius 2 is 1.71 bits per heavy atom. The normalized spacial score (nSPS) is 14.3. The van der Waals surface area contributed by atoms with Crippen LogP contribution in [0.5, 0.6) is 0 Å². The zero-order chi connectivity index (χ0) is 24.8. The predicted octanol–water partition coefficient (Wildman–Crippen LogP) is 6.60. The summed E-state index contributed by atoms with van der Waals surface area (Å²) in [6.07, 6.45) is 13.2. The van der Waals surface area contributed by atoms with E-state index in [1.54, 1.807) is 10.7 Å². The molecule has 7 nitrogen and oxygen atoms in total. The summed E-state index contributed by atoms with van der Waals surface area (Å²) in [7, 11) is 0. The first-order chi connectivity index (χ1) is 17.0. The maximum atomic E-state index is 6.42. The molecule has 184 valence electrons. The second-order valence-electron chi connectivity index (χ2n) is 8.99. The average Bonchev–Trinajstić information content (AvgIpc) is 3.72. The molecule has 0 saturated heterocycles. The highest BCUT2D eigenvalue weighted by Crippen LogP contribution is 2.32. The lowest BCUT2D eigenvalue weighted by Gasteiger charge is -2.23. The largest absolute Gasteiger partial charge is 0.383 e. The van der Waals surface area contributed by atoms with Crippen molar-refractivity contribution < 1.29 is 0 Å². The van der Waals surface area contributed by atoms with Crippen LogP contribution in [0.25, 0.3) is 28.2 Å². The molecule has 4 aromatic rings. The van der Waals surface area contributed by atoms with Gasteiger partial charge in [-0.1, -0.05) is 69.9 Å². The second kappa shape index (κ2) is 11.7. The number of benzene rings is 1. The Kier molecular flexibility index (Phi) is 8.46. The minimum Gasteiger partial charge on any atom is -0.383 e. The number of hydrogen-bond acceptors (Lipinski definition) is 6. The minimum atomic E-state index is 0.0348. The van der Waals surface area contributed by atoms with Crippen LogP contribution in [0.15, 0.2) is 53.4 Å². The minimum absolute atomic E-state index is 0.0348. The average molecular weight is 537 g/mol. The smallest absolute Gasteiger partial charge is 0.165 e. The number of aromatic nitrogens is 5. The highest BCUT2D eigenvalue weighted by molar-refractivity contribution is 9.10. The maximum absolute atomic E-state index is 6.42. The van der Waals surface area contributed by atoms with E-state index in [1.165, 1.54) is 19.3 Å². The van der Waals surface area contributed by atoms with Gasteiger partial charge in [0, 0.05) is 41.2 Å². The molecular formula is C27H34BrN7. The number of anilines is 1. The molecule has 0 aliphatic heterocycles. The lowest BCUT2D eigenvalue weighted by atomic mass is 10.1. The number of nitrogens with zero attached hydrogens (tertiary/aromatic N) is 5. The van der Waals surface area contributed by atoms with Crippen molar-refractivity contribution in [3.05, 3.63) is 59.1 Å². The van der Waals surface area contributed by atoms with Crippen molar-refractivity contribution in [3.63, 3.8) is 0 Å². The quantitative estimate of drug-likeness (QED) is 0.264. The lowest BCUT2D eigenvalue weighted by Crippen LogP contribution is -2.31. The molecular weight excluding hydrogens is 502 g/mol. The van der Waals surface area contributed by atoms with Gasteiger partial charge < -0.3 is 11.1 Å². The Morgan fingerprint density at radius 1 is 1.03 bits per heavy atom. The van der Waals surface area contributed by atoms with Gasteiger partial charge in [0.25, 0.3) is 0 Å². The van der Waals surface area contributed by atoms with Crippen LogP contribution in [-0.2, 0) is 0 Å². The number of nitrogen functional groups attached to an aromatic ring is 1. The summed E-state index contributed by atoms with van der Waals surface area (Å²) in [6, 6.07) is 10.4. The number of nitrogens with one attached hydrogen (secondary N) is 1. The number of rotatable bonds is 8. The molecule has 1 saturated carbocycles. The maximum Gasteiger partial charge on any atom is 0.165 e. The van der Waals surface area contributed by atoms with Crippen LogP contribution in [-0.4, -0.2) is 30.6 Å². The summed E-state index contributed by atoms with van der Waals surface area (Å²) in [5.74, 6) is 1.20. The van der Waals surface area contributed by atoms with E-state index in [-0.39, 0.29) is 6.04 Å². The third-order valence-corrected chi connectivity index (χ3v) is 6.83. The Morgan fingerprint density at radius 3 is 2.31 bits per heavy atom. The van der Waals surface area contributed by atoms with E-state index in [2.05, 4.69) is 57.1 Å². The number of halogens is 1. The van der Waals surface area contributed by atoms with Crippen molar-refractivity contribution in [1.82, 2.24) is 29.9 Å². The molecule has 1 aromatic carbocycles. The molecule has 0 radical (unpaired) electrons. The molecule has 0 amide bonds. The van der Waals surface area contributed by atoms with Gasteiger partial charge in [-0.05, 0) is 35.7 Å². The molecule has 2 atom stereocenters. The Labute approximate surface area is 215 Å². The molecule has 3 heterocycles. The van der Waals surface area contributed by atoms with E-state index in [0.29, 0.717) is 23.3 Å². The first kappa shape index (κ1) is 25.3. The summed E-state index contributed by atoms with van der Waals surface area (Å²) in [4.78, 5) is 14.1. The van der Waals surface area contributed by atoms with Gasteiger partial charge in [0.05, 0.1) is 16.4 Å². The van der Waals surface area contributed by atoms with Gasteiger partial charge in [-0.25, -0.2) is 15.0 Å². The highest BCUT2D eigenvalue weighted by atomic mass is 79.9. The molecule has 3 N–H and O–H groups in total.